The lowest BCUT2D eigenvalue weighted by Gasteiger charge is -2.28. The molecule has 1 aromatic rings. The van der Waals surface area contributed by atoms with Crippen molar-refractivity contribution in [2.24, 2.45) is 0 Å². The summed E-state index contributed by atoms with van der Waals surface area (Å²) >= 11 is 0. The maximum absolute atomic E-state index is 10.1. The fourth-order valence-corrected chi connectivity index (χ4v) is 2.01. The number of rotatable bonds is 3. The molecule has 0 spiro atoms. The normalized spacial score (nSPS) is 19.6. The van der Waals surface area contributed by atoms with Gasteiger partial charge in [0.25, 0.3) is 0 Å². The lowest BCUT2D eigenvalue weighted by Crippen LogP contribution is -2.38. The van der Waals surface area contributed by atoms with E-state index in [1.807, 2.05) is 31.2 Å². The molecule has 1 heterocycles. The van der Waals surface area contributed by atoms with Crippen LogP contribution in [0.3, 0.4) is 0 Å². The number of nitrogens with zero attached hydrogens (tertiary/aromatic N) is 1. The van der Waals surface area contributed by atoms with Crippen molar-refractivity contribution in [2.75, 3.05) is 32.8 Å². The second kappa shape index (κ2) is 5.43. The molecular weight excluding hydrogens is 202 g/mol. The van der Waals surface area contributed by atoms with Gasteiger partial charge in [0.1, 0.15) is 0 Å². The zero-order valence-electron chi connectivity index (χ0n) is 9.72. The van der Waals surface area contributed by atoms with E-state index in [1.54, 1.807) is 0 Å². The van der Waals surface area contributed by atoms with Crippen molar-refractivity contribution in [1.82, 2.24) is 4.90 Å². The third-order valence-electron chi connectivity index (χ3n) is 2.96. The van der Waals surface area contributed by atoms with Gasteiger partial charge in [-0.25, -0.2) is 0 Å². The Labute approximate surface area is 96.6 Å². The Morgan fingerprint density at radius 2 is 2.12 bits per heavy atom. The average Bonchev–Trinajstić information content (AvgIpc) is 2.30. The summed E-state index contributed by atoms with van der Waals surface area (Å²) in [5, 5.41) is 10.1. The molecule has 1 atom stereocenters. The Hall–Kier alpha value is -0.900. The standard InChI is InChI=1S/C13H19NO2/c1-11-3-2-4-12(9-11)13(15)10-14-5-7-16-8-6-14/h2-4,9,13,15H,5-8,10H2,1H3. The Morgan fingerprint density at radius 1 is 1.38 bits per heavy atom. The highest BCUT2D eigenvalue weighted by Crippen LogP contribution is 2.16. The molecule has 1 aromatic carbocycles. The summed E-state index contributed by atoms with van der Waals surface area (Å²) in [6, 6.07) is 8.07. The largest absolute Gasteiger partial charge is 0.387 e. The van der Waals surface area contributed by atoms with Crippen molar-refractivity contribution >= 4 is 0 Å². The molecule has 2 rings (SSSR count). The molecule has 1 aliphatic rings. The first-order chi connectivity index (χ1) is 7.75. The fraction of sp³-hybridized carbons (Fsp3) is 0.538. The van der Waals surface area contributed by atoms with E-state index in [2.05, 4.69) is 4.90 Å². The van der Waals surface area contributed by atoms with E-state index in [0.29, 0.717) is 6.54 Å². The third-order valence-corrected chi connectivity index (χ3v) is 2.96. The molecule has 1 aliphatic heterocycles. The Balaban J connectivity index is 1.94. The van der Waals surface area contributed by atoms with Gasteiger partial charge < -0.3 is 9.84 Å². The zero-order valence-corrected chi connectivity index (χ0v) is 9.72. The van der Waals surface area contributed by atoms with Crippen LogP contribution in [-0.4, -0.2) is 42.9 Å². The van der Waals surface area contributed by atoms with Gasteiger partial charge in [0.2, 0.25) is 0 Å². The molecule has 1 saturated heterocycles. The number of aryl methyl sites for hydroxylation is 1. The van der Waals surface area contributed by atoms with Gasteiger partial charge in [0.05, 0.1) is 19.3 Å². The molecule has 1 N–H and O–H groups in total. The summed E-state index contributed by atoms with van der Waals surface area (Å²) in [7, 11) is 0. The van der Waals surface area contributed by atoms with E-state index in [4.69, 9.17) is 4.74 Å². The summed E-state index contributed by atoms with van der Waals surface area (Å²) in [5.41, 5.74) is 2.20. The predicted octanol–water partition coefficient (Wildman–Crippen LogP) is 1.36. The lowest BCUT2D eigenvalue weighted by atomic mass is 10.1. The first kappa shape index (κ1) is 11.6. The van der Waals surface area contributed by atoms with Crippen LogP contribution in [-0.2, 0) is 4.74 Å². The number of hydrogen-bond acceptors (Lipinski definition) is 3. The molecule has 3 heteroatoms. The average molecular weight is 221 g/mol. The second-order valence-electron chi connectivity index (χ2n) is 4.34. The minimum absolute atomic E-state index is 0.391. The maximum Gasteiger partial charge on any atom is 0.0917 e. The van der Waals surface area contributed by atoms with Gasteiger partial charge >= 0.3 is 0 Å². The predicted molar refractivity (Wildman–Crippen MR) is 63.4 cm³/mol. The minimum Gasteiger partial charge on any atom is -0.387 e. The van der Waals surface area contributed by atoms with Crippen LogP contribution in [0.25, 0.3) is 0 Å². The van der Waals surface area contributed by atoms with Gasteiger partial charge in [0, 0.05) is 19.6 Å². The van der Waals surface area contributed by atoms with Crippen molar-refractivity contribution in [3.63, 3.8) is 0 Å². The first-order valence-corrected chi connectivity index (χ1v) is 5.80. The number of aliphatic hydroxyl groups is 1. The highest BCUT2D eigenvalue weighted by atomic mass is 16.5. The summed E-state index contributed by atoms with van der Waals surface area (Å²) in [5.74, 6) is 0. The molecule has 0 radical (unpaired) electrons. The molecule has 0 aromatic heterocycles. The van der Waals surface area contributed by atoms with Crippen LogP contribution in [0, 0.1) is 6.92 Å². The van der Waals surface area contributed by atoms with Crippen LogP contribution >= 0.6 is 0 Å². The highest BCUT2D eigenvalue weighted by Gasteiger charge is 2.15. The van der Waals surface area contributed by atoms with Gasteiger partial charge in [-0.15, -0.1) is 0 Å². The first-order valence-electron chi connectivity index (χ1n) is 5.80. The quantitative estimate of drug-likeness (QED) is 0.836. The Kier molecular flexibility index (Phi) is 3.93. The number of ether oxygens (including phenoxy) is 1. The molecule has 0 aliphatic carbocycles. The molecular formula is C13H19NO2. The summed E-state index contributed by atoms with van der Waals surface area (Å²) < 4.78 is 5.28. The summed E-state index contributed by atoms with van der Waals surface area (Å²) in [4.78, 5) is 2.25. The van der Waals surface area contributed by atoms with Crippen LogP contribution in [0.1, 0.15) is 17.2 Å². The van der Waals surface area contributed by atoms with E-state index < -0.39 is 6.10 Å². The van der Waals surface area contributed by atoms with Gasteiger partial charge in [0.15, 0.2) is 0 Å². The SMILES string of the molecule is Cc1cccc(C(O)CN2CCOCC2)c1. The summed E-state index contributed by atoms with van der Waals surface area (Å²) in [6.07, 6.45) is -0.391. The minimum atomic E-state index is -0.391. The van der Waals surface area contributed by atoms with Gasteiger partial charge in [-0.1, -0.05) is 29.8 Å². The van der Waals surface area contributed by atoms with Gasteiger partial charge in [-0.05, 0) is 12.5 Å². The van der Waals surface area contributed by atoms with E-state index in [1.165, 1.54) is 5.56 Å². The molecule has 1 fully saturated rings. The van der Waals surface area contributed by atoms with Gasteiger partial charge in [-0.3, -0.25) is 4.90 Å². The number of aliphatic hydroxyl groups excluding tert-OH is 1. The van der Waals surface area contributed by atoms with Crippen molar-refractivity contribution in [3.8, 4) is 0 Å². The van der Waals surface area contributed by atoms with Crippen LogP contribution in [0.15, 0.2) is 24.3 Å². The molecule has 1 unspecified atom stereocenters. The van der Waals surface area contributed by atoms with Gasteiger partial charge in [-0.2, -0.15) is 0 Å². The van der Waals surface area contributed by atoms with Crippen LogP contribution in [0.5, 0.6) is 0 Å². The smallest absolute Gasteiger partial charge is 0.0917 e. The molecule has 3 nitrogen and oxygen atoms in total. The van der Waals surface area contributed by atoms with Crippen molar-refractivity contribution < 1.29 is 9.84 Å². The topological polar surface area (TPSA) is 32.7 Å². The Bertz CT molecular complexity index is 334. The highest BCUT2D eigenvalue weighted by molar-refractivity contribution is 5.24. The molecule has 16 heavy (non-hydrogen) atoms. The number of morpholine rings is 1. The van der Waals surface area contributed by atoms with E-state index >= 15 is 0 Å². The van der Waals surface area contributed by atoms with E-state index in [-0.39, 0.29) is 0 Å². The number of hydrogen-bond donors (Lipinski definition) is 1. The van der Waals surface area contributed by atoms with E-state index in [0.717, 1.165) is 31.9 Å². The van der Waals surface area contributed by atoms with Crippen molar-refractivity contribution in [1.29, 1.82) is 0 Å². The van der Waals surface area contributed by atoms with Crippen molar-refractivity contribution in [3.05, 3.63) is 35.4 Å². The van der Waals surface area contributed by atoms with Crippen LogP contribution < -0.4 is 0 Å². The monoisotopic (exact) mass is 221 g/mol. The summed E-state index contributed by atoms with van der Waals surface area (Å²) in [6.45, 7) is 6.14. The number of benzene rings is 1. The lowest BCUT2D eigenvalue weighted by molar-refractivity contribution is 0.0143. The molecule has 88 valence electrons. The van der Waals surface area contributed by atoms with E-state index in [9.17, 15) is 5.11 Å². The fourth-order valence-electron chi connectivity index (χ4n) is 2.01. The zero-order chi connectivity index (χ0) is 11.4. The molecule has 0 saturated carbocycles. The van der Waals surface area contributed by atoms with Crippen molar-refractivity contribution in [2.45, 2.75) is 13.0 Å². The van der Waals surface area contributed by atoms with Crippen LogP contribution in [0.4, 0.5) is 0 Å². The molecule has 0 bridgehead atoms. The maximum atomic E-state index is 10.1. The second-order valence-corrected chi connectivity index (χ2v) is 4.34. The third kappa shape index (κ3) is 3.04. The molecule has 0 amide bonds. The van der Waals surface area contributed by atoms with Crippen LogP contribution in [0.2, 0.25) is 0 Å². The number of β-amino-alcohol motifs (C(OH)–C–C–N with tert-alkyl or cyclic N) is 1. The Morgan fingerprint density at radius 3 is 2.81 bits per heavy atom.